The van der Waals surface area contributed by atoms with E-state index in [1.165, 1.54) is 7.05 Å². The Morgan fingerprint density at radius 2 is 1.94 bits per heavy atom. The summed E-state index contributed by atoms with van der Waals surface area (Å²) >= 11 is 0. The smallest absolute Gasteiger partial charge is 0.422 e. The molecule has 6 heteroatoms. The molecule has 0 spiro atoms. The molecule has 0 aliphatic heterocycles. The molecule has 0 N–H and O–H groups in total. The van der Waals surface area contributed by atoms with Crippen molar-refractivity contribution >= 4 is 11.8 Å². The van der Waals surface area contributed by atoms with Crippen LogP contribution in [0.4, 0.5) is 23.7 Å². The molecule has 0 aliphatic rings. The van der Waals surface area contributed by atoms with Crippen LogP contribution in [0.15, 0.2) is 24.3 Å². The van der Waals surface area contributed by atoms with Crippen molar-refractivity contribution in [2.45, 2.75) is 13.1 Å². The highest BCUT2D eigenvalue weighted by atomic mass is 19.4. The minimum absolute atomic E-state index is 0.514. The molecule has 1 aromatic carbocycles. The highest BCUT2D eigenvalue weighted by Crippen LogP contribution is 2.20. The first kappa shape index (κ1) is 13.3. The van der Waals surface area contributed by atoms with Gasteiger partial charge in [0.05, 0.1) is 0 Å². The van der Waals surface area contributed by atoms with Gasteiger partial charge in [-0.05, 0) is 18.6 Å². The van der Waals surface area contributed by atoms with Crippen molar-refractivity contribution in [3.05, 3.63) is 29.8 Å². The molecule has 1 amide bonds. The van der Waals surface area contributed by atoms with Crippen molar-refractivity contribution < 1.29 is 22.7 Å². The third kappa shape index (κ3) is 3.97. The normalized spacial score (nSPS) is 11.1. The molecule has 0 bridgehead atoms. The van der Waals surface area contributed by atoms with Crippen molar-refractivity contribution in [1.82, 2.24) is 0 Å². The van der Waals surface area contributed by atoms with E-state index in [1.54, 1.807) is 31.2 Å². The number of amides is 1. The summed E-state index contributed by atoms with van der Waals surface area (Å²) in [5.41, 5.74) is 1.29. The average molecular weight is 247 g/mol. The number of benzene rings is 1. The van der Waals surface area contributed by atoms with Gasteiger partial charge in [-0.3, -0.25) is 4.90 Å². The third-order valence-electron chi connectivity index (χ3n) is 2.11. The Bertz CT molecular complexity index is 404. The zero-order valence-electron chi connectivity index (χ0n) is 9.41. The van der Waals surface area contributed by atoms with Crippen LogP contribution in [0.3, 0.4) is 0 Å². The van der Waals surface area contributed by atoms with Crippen LogP contribution < -0.4 is 4.90 Å². The predicted molar refractivity (Wildman–Crippen MR) is 57.0 cm³/mol. The molecule has 0 atom stereocenters. The van der Waals surface area contributed by atoms with E-state index in [1.807, 2.05) is 0 Å². The van der Waals surface area contributed by atoms with E-state index in [2.05, 4.69) is 4.74 Å². The molecule has 1 aromatic rings. The first-order valence-corrected chi connectivity index (χ1v) is 4.84. The predicted octanol–water partition coefficient (Wildman–Crippen LogP) is 3.13. The van der Waals surface area contributed by atoms with Crippen LogP contribution >= 0.6 is 0 Å². The van der Waals surface area contributed by atoms with Gasteiger partial charge in [0, 0.05) is 12.7 Å². The van der Waals surface area contributed by atoms with Crippen LogP contribution in [0.25, 0.3) is 0 Å². The van der Waals surface area contributed by atoms with E-state index >= 15 is 0 Å². The van der Waals surface area contributed by atoms with E-state index in [0.717, 1.165) is 10.5 Å². The van der Waals surface area contributed by atoms with Gasteiger partial charge in [-0.2, -0.15) is 13.2 Å². The zero-order valence-corrected chi connectivity index (χ0v) is 9.41. The van der Waals surface area contributed by atoms with E-state index in [9.17, 15) is 18.0 Å². The molecule has 94 valence electrons. The lowest BCUT2D eigenvalue weighted by Gasteiger charge is -2.19. The number of nitrogens with zero attached hydrogens (tertiary/aromatic N) is 1. The molecule has 0 heterocycles. The zero-order chi connectivity index (χ0) is 13.1. The minimum atomic E-state index is -4.51. The fraction of sp³-hybridized carbons (Fsp3) is 0.364. The van der Waals surface area contributed by atoms with Gasteiger partial charge in [0.25, 0.3) is 0 Å². The SMILES string of the molecule is Cc1ccccc1N(C)C(=O)OCC(F)(F)F. The Labute approximate surface area is 96.8 Å². The molecule has 3 nitrogen and oxygen atoms in total. The second-order valence-corrected chi connectivity index (χ2v) is 3.52. The van der Waals surface area contributed by atoms with E-state index in [4.69, 9.17) is 0 Å². The summed E-state index contributed by atoms with van der Waals surface area (Å²) in [4.78, 5) is 12.4. The topological polar surface area (TPSA) is 29.5 Å². The molecule has 0 aliphatic carbocycles. The first-order chi connectivity index (χ1) is 7.81. The number of carbonyl (C=O) groups excluding carboxylic acids is 1. The van der Waals surface area contributed by atoms with Crippen LogP contribution in [0.2, 0.25) is 0 Å². The van der Waals surface area contributed by atoms with Crippen LogP contribution in [0, 0.1) is 6.92 Å². The molecular weight excluding hydrogens is 235 g/mol. The summed E-state index contributed by atoms with van der Waals surface area (Å²) in [6.07, 6.45) is -5.54. The Kier molecular flexibility index (Phi) is 3.98. The second kappa shape index (κ2) is 5.07. The Morgan fingerprint density at radius 3 is 2.47 bits per heavy atom. The van der Waals surface area contributed by atoms with Crippen molar-refractivity contribution in [2.24, 2.45) is 0 Å². The number of anilines is 1. The fourth-order valence-corrected chi connectivity index (χ4v) is 1.28. The number of ether oxygens (including phenoxy) is 1. The van der Waals surface area contributed by atoms with Gasteiger partial charge in [-0.25, -0.2) is 4.79 Å². The third-order valence-corrected chi connectivity index (χ3v) is 2.11. The summed E-state index contributed by atoms with van der Waals surface area (Å²) < 4.78 is 39.7. The molecule has 0 unspecified atom stereocenters. The Hall–Kier alpha value is -1.72. The van der Waals surface area contributed by atoms with Gasteiger partial charge in [0.1, 0.15) is 0 Å². The molecule has 1 rings (SSSR count). The molecule has 0 fully saturated rings. The minimum Gasteiger partial charge on any atom is -0.440 e. The Balaban J connectivity index is 2.68. The summed E-state index contributed by atoms with van der Waals surface area (Å²) in [6.45, 7) is 0.172. The summed E-state index contributed by atoms with van der Waals surface area (Å²) in [5, 5.41) is 0. The largest absolute Gasteiger partial charge is 0.440 e. The van der Waals surface area contributed by atoms with Crippen molar-refractivity contribution in [3.63, 3.8) is 0 Å². The van der Waals surface area contributed by atoms with Gasteiger partial charge < -0.3 is 4.74 Å². The number of para-hydroxylation sites is 1. The molecule has 0 saturated carbocycles. The van der Waals surface area contributed by atoms with Gasteiger partial charge in [0.2, 0.25) is 0 Å². The van der Waals surface area contributed by atoms with E-state index in [-0.39, 0.29) is 0 Å². The number of hydrogen-bond donors (Lipinski definition) is 0. The fourth-order valence-electron chi connectivity index (χ4n) is 1.28. The quantitative estimate of drug-likeness (QED) is 0.803. The molecule has 0 radical (unpaired) electrons. The van der Waals surface area contributed by atoms with Crippen LogP contribution in [0.1, 0.15) is 5.56 Å². The number of aryl methyl sites for hydroxylation is 1. The lowest BCUT2D eigenvalue weighted by atomic mass is 10.2. The van der Waals surface area contributed by atoms with E-state index in [0.29, 0.717) is 5.69 Å². The van der Waals surface area contributed by atoms with Gasteiger partial charge in [-0.15, -0.1) is 0 Å². The summed E-state index contributed by atoms with van der Waals surface area (Å²) in [5.74, 6) is 0. The molecule has 17 heavy (non-hydrogen) atoms. The first-order valence-electron chi connectivity index (χ1n) is 4.84. The van der Waals surface area contributed by atoms with Crippen LogP contribution in [-0.2, 0) is 4.74 Å². The lowest BCUT2D eigenvalue weighted by molar-refractivity contribution is -0.159. The number of carbonyl (C=O) groups is 1. The van der Waals surface area contributed by atoms with Crippen molar-refractivity contribution in [1.29, 1.82) is 0 Å². The van der Waals surface area contributed by atoms with Gasteiger partial charge in [0.15, 0.2) is 6.61 Å². The van der Waals surface area contributed by atoms with Crippen LogP contribution in [0.5, 0.6) is 0 Å². The second-order valence-electron chi connectivity index (χ2n) is 3.52. The van der Waals surface area contributed by atoms with Crippen molar-refractivity contribution in [3.8, 4) is 0 Å². The lowest BCUT2D eigenvalue weighted by Crippen LogP contribution is -2.31. The number of halogens is 3. The average Bonchev–Trinajstić information content (AvgIpc) is 2.24. The van der Waals surface area contributed by atoms with Crippen molar-refractivity contribution in [2.75, 3.05) is 18.6 Å². The molecule has 0 aromatic heterocycles. The molecular formula is C11H12F3NO2. The number of alkyl halides is 3. The summed E-state index contributed by atoms with van der Waals surface area (Å²) in [7, 11) is 1.36. The maximum Gasteiger partial charge on any atom is 0.422 e. The monoisotopic (exact) mass is 247 g/mol. The van der Waals surface area contributed by atoms with Gasteiger partial charge >= 0.3 is 12.3 Å². The van der Waals surface area contributed by atoms with Gasteiger partial charge in [-0.1, -0.05) is 18.2 Å². The number of rotatable bonds is 2. The molecule has 0 saturated heterocycles. The highest BCUT2D eigenvalue weighted by Gasteiger charge is 2.30. The number of hydrogen-bond acceptors (Lipinski definition) is 2. The standard InChI is InChI=1S/C11H12F3NO2/c1-8-5-3-4-6-9(8)15(2)10(16)17-7-11(12,13)14/h3-6H,7H2,1-2H3. The Morgan fingerprint density at radius 1 is 1.35 bits per heavy atom. The van der Waals surface area contributed by atoms with Crippen LogP contribution in [-0.4, -0.2) is 25.9 Å². The maximum absolute atomic E-state index is 11.9. The summed E-state index contributed by atoms with van der Waals surface area (Å²) in [6, 6.07) is 6.84. The van der Waals surface area contributed by atoms with E-state index < -0.39 is 18.9 Å². The maximum atomic E-state index is 11.9. The highest BCUT2D eigenvalue weighted by molar-refractivity contribution is 5.87.